The number of benzene rings is 1. The van der Waals surface area contributed by atoms with Crippen LogP contribution in [0, 0.1) is 0 Å². The second-order valence-corrected chi connectivity index (χ2v) is 5.43. The minimum Gasteiger partial charge on any atom is -0.373 e. The maximum atomic E-state index is 12.4. The van der Waals surface area contributed by atoms with Crippen molar-refractivity contribution < 1.29 is 9.53 Å². The van der Waals surface area contributed by atoms with Crippen LogP contribution in [-0.2, 0) is 4.74 Å². The van der Waals surface area contributed by atoms with Gasteiger partial charge in [0.2, 0.25) is 0 Å². The number of hydrogen-bond acceptors (Lipinski definition) is 3. The molecule has 0 bridgehead atoms. The third kappa shape index (κ3) is 4.07. The van der Waals surface area contributed by atoms with E-state index in [1.165, 1.54) is 0 Å². The SMILES string of the molecule is Cl.NCC1CN(C(=O)c2cc(Br)ccc2Cl)CCO1. The van der Waals surface area contributed by atoms with Crippen molar-refractivity contribution in [2.24, 2.45) is 5.73 Å². The maximum Gasteiger partial charge on any atom is 0.255 e. The number of nitrogens with two attached hydrogens (primary N) is 1. The van der Waals surface area contributed by atoms with Gasteiger partial charge < -0.3 is 15.4 Å². The Morgan fingerprint density at radius 2 is 2.32 bits per heavy atom. The van der Waals surface area contributed by atoms with Crippen LogP contribution >= 0.6 is 39.9 Å². The quantitative estimate of drug-likeness (QED) is 0.870. The third-order valence-corrected chi connectivity index (χ3v) is 3.67. The molecule has 1 aromatic rings. The molecule has 2 rings (SSSR count). The van der Waals surface area contributed by atoms with Gasteiger partial charge in [-0.25, -0.2) is 0 Å². The molecule has 1 atom stereocenters. The van der Waals surface area contributed by atoms with Gasteiger partial charge in [-0.15, -0.1) is 12.4 Å². The number of rotatable bonds is 2. The lowest BCUT2D eigenvalue weighted by molar-refractivity contribution is -0.0167. The summed E-state index contributed by atoms with van der Waals surface area (Å²) in [4.78, 5) is 14.1. The van der Waals surface area contributed by atoms with Crippen LogP contribution in [0.1, 0.15) is 10.4 Å². The van der Waals surface area contributed by atoms with Crippen molar-refractivity contribution in [2.45, 2.75) is 6.10 Å². The molecule has 4 nitrogen and oxygen atoms in total. The monoisotopic (exact) mass is 368 g/mol. The molecule has 1 unspecified atom stereocenters. The Kier molecular flexibility index (Phi) is 6.56. The predicted octanol–water partition coefficient (Wildman–Crippen LogP) is 2.32. The molecular weight excluding hydrogens is 355 g/mol. The molecule has 2 N–H and O–H groups in total. The van der Waals surface area contributed by atoms with Gasteiger partial charge in [0.05, 0.1) is 23.3 Å². The van der Waals surface area contributed by atoms with Crippen LogP contribution < -0.4 is 5.73 Å². The molecule has 0 spiro atoms. The highest BCUT2D eigenvalue weighted by Gasteiger charge is 2.25. The fourth-order valence-corrected chi connectivity index (χ4v) is 2.44. The highest BCUT2D eigenvalue weighted by atomic mass is 79.9. The Balaban J connectivity index is 0.00000180. The topological polar surface area (TPSA) is 55.6 Å². The zero-order valence-corrected chi connectivity index (χ0v) is 13.3. The van der Waals surface area contributed by atoms with Crippen molar-refractivity contribution >= 4 is 45.8 Å². The van der Waals surface area contributed by atoms with E-state index in [1.807, 2.05) is 0 Å². The van der Waals surface area contributed by atoms with Crippen molar-refractivity contribution in [3.8, 4) is 0 Å². The fraction of sp³-hybridized carbons (Fsp3) is 0.417. The molecule has 1 aliphatic rings. The van der Waals surface area contributed by atoms with Crippen LogP contribution in [0.5, 0.6) is 0 Å². The average Bonchev–Trinajstić information content (AvgIpc) is 2.41. The molecule has 1 saturated heterocycles. The van der Waals surface area contributed by atoms with E-state index in [2.05, 4.69) is 15.9 Å². The zero-order valence-electron chi connectivity index (χ0n) is 10.1. The first-order valence-electron chi connectivity index (χ1n) is 5.68. The van der Waals surface area contributed by atoms with E-state index in [0.29, 0.717) is 36.8 Å². The van der Waals surface area contributed by atoms with Crippen molar-refractivity contribution in [2.75, 3.05) is 26.2 Å². The zero-order chi connectivity index (χ0) is 13.1. The molecule has 0 saturated carbocycles. The summed E-state index contributed by atoms with van der Waals surface area (Å²) < 4.78 is 6.27. The van der Waals surface area contributed by atoms with Gasteiger partial charge in [-0.3, -0.25) is 4.79 Å². The van der Waals surface area contributed by atoms with E-state index in [1.54, 1.807) is 23.1 Å². The molecule has 1 fully saturated rings. The molecule has 19 heavy (non-hydrogen) atoms. The van der Waals surface area contributed by atoms with Gasteiger partial charge in [0, 0.05) is 24.1 Å². The Bertz CT molecular complexity index is 459. The highest BCUT2D eigenvalue weighted by Crippen LogP contribution is 2.23. The summed E-state index contributed by atoms with van der Waals surface area (Å²) >= 11 is 9.40. The van der Waals surface area contributed by atoms with E-state index >= 15 is 0 Å². The smallest absolute Gasteiger partial charge is 0.255 e. The number of carbonyl (C=O) groups is 1. The number of ether oxygens (including phenoxy) is 1. The van der Waals surface area contributed by atoms with Gasteiger partial charge in [-0.2, -0.15) is 0 Å². The highest BCUT2D eigenvalue weighted by molar-refractivity contribution is 9.10. The summed E-state index contributed by atoms with van der Waals surface area (Å²) in [6, 6.07) is 5.25. The Morgan fingerprint density at radius 3 is 3.00 bits per heavy atom. The van der Waals surface area contributed by atoms with Crippen molar-refractivity contribution in [3.05, 3.63) is 33.3 Å². The maximum absolute atomic E-state index is 12.4. The van der Waals surface area contributed by atoms with Gasteiger partial charge in [0.15, 0.2) is 0 Å². The minimum atomic E-state index is -0.0892. The van der Waals surface area contributed by atoms with Gasteiger partial charge in [-0.05, 0) is 18.2 Å². The van der Waals surface area contributed by atoms with Gasteiger partial charge in [0.25, 0.3) is 5.91 Å². The van der Waals surface area contributed by atoms with Gasteiger partial charge >= 0.3 is 0 Å². The molecule has 0 aliphatic carbocycles. The summed E-state index contributed by atoms with van der Waals surface area (Å²) in [5.41, 5.74) is 6.07. The van der Waals surface area contributed by atoms with E-state index in [0.717, 1.165) is 4.47 Å². The summed E-state index contributed by atoms with van der Waals surface area (Å²) in [7, 11) is 0. The van der Waals surface area contributed by atoms with Crippen molar-refractivity contribution in [1.29, 1.82) is 0 Å². The molecule has 1 aromatic carbocycles. The Hall–Kier alpha value is -0.330. The molecular formula is C12H15BrCl2N2O2. The largest absolute Gasteiger partial charge is 0.373 e. The predicted molar refractivity (Wildman–Crippen MR) is 81.1 cm³/mol. The molecule has 106 valence electrons. The standard InChI is InChI=1S/C12H14BrClN2O2.ClH/c13-8-1-2-11(14)10(5-8)12(17)16-3-4-18-9(6-15)7-16;/h1-2,5,9H,3-4,6-7,15H2;1H. The average molecular weight is 370 g/mol. The molecule has 0 aromatic heterocycles. The van der Waals surface area contributed by atoms with Crippen molar-refractivity contribution in [3.63, 3.8) is 0 Å². The number of halogens is 3. The molecule has 1 aliphatic heterocycles. The van der Waals surface area contributed by atoms with Crippen LogP contribution in [0.25, 0.3) is 0 Å². The van der Waals surface area contributed by atoms with E-state index in [-0.39, 0.29) is 24.4 Å². The van der Waals surface area contributed by atoms with Crippen LogP contribution in [0.15, 0.2) is 22.7 Å². The lowest BCUT2D eigenvalue weighted by atomic mass is 10.1. The molecule has 1 amide bonds. The number of carbonyl (C=O) groups excluding carboxylic acids is 1. The van der Waals surface area contributed by atoms with E-state index < -0.39 is 0 Å². The summed E-state index contributed by atoms with van der Waals surface area (Å²) in [6.07, 6.45) is -0.0892. The molecule has 0 radical (unpaired) electrons. The van der Waals surface area contributed by atoms with Gasteiger partial charge in [0.1, 0.15) is 0 Å². The number of amides is 1. The summed E-state index contributed by atoms with van der Waals surface area (Å²) in [5.74, 6) is -0.0805. The Labute approximate surface area is 131 Å². The van der Waals surface area contributed by atoms with Crippen LogP contribution in [0.3, 0.4) is 0 Å². The lowest BCUT2D eigenvalue weighted by Crippen LogP contribution is -2.48. The van der Waals surface area contributed by atoms with E-state index in [4.69, 9.17) is 22.1 Å². The minimum absolute atomic E-state index is 0. The third-order valence-electron chi connectivity index (χ3n) is 2.85. The first-order chi connectivity index (χ1) is 8.61. The number of hydrogen-bond donors (Lipinski definition) is 1. The first-order valence-corrected chi connectivity index (χ1v) is 6.85. The number of morpholine rings is 1. The van der Waals surface area contributed by atoms with Crippen LogP contribution in [0.4, 0.5) is 0 Å². The molecule has 1 heterocycles. The normalized spacial score (nSPS) is 18.9. The second kappa shape index (κ2) is 7.45. The fourth-order valence-electron chi connectivity index (χ4n) is 1.88. The van der Waals surface area contributed by atoms with Crippen LogP contribution in [0.2, 0.25) is 5.02 Å². The second-order valence-electron chi connectivity index (χ2n) is 4.10. The van der Waals surface area contributed by atoms with E-state index in [9.17, 15) is 4.79 Å². The summed E-state index contributed by atoms with van der Waals surface area (Å²) in [6.45, 7) is 2.01. The first kappa shape index (κ1) is 16.7. The number of nitrogens with zero attached hydrogens (tertiary/aromatic N) is 1. The lowest BCUT2D eigenvalue weighted by Gasteiger charge is -2.32. The van der Waals surface area contributed by atoms with Gasteiger partial charge in [-0.1, -0.05) is 27.5 Å². The van der Waals surface area contributed by atoms with Crippen LogP contribution in [-0.4, -0.2) is 43.2 Å². The Morgan fingerprint density at radius 1 is 1.58 bits per heavy atom. The summed E-state index contributed by atoms with van der Waals surface area (Å²) in [5, 5.41) is 0.457. The van der Waals surface area contributed by atoms with Crippen molar-refractivity contribution in [1.82, 2.24) is 4.90 Å². The molecule has 7 heteroatoms.